The quantitative estimate of drug-likeness (QED) is 0.823. The van der Waals surface area contributed by atoms with Crippen LogP contribution in [0.15, 0.2) is 42.7 Å². The molecule has 0 unspecified atom stereocenters. The van der Waals surface area contributed by atoms with Crippen LogP contribution in [0.1, 0.15) is 54.4 Å². The van der Waals surface area contributed by atoms with Gasteiger partial charge in [0.2, 0.25) is 0 Å². The zero-order valence-electron chi connectivity index (χ0n) is 14.2. The Morgan fingerprint density at radius 3 is 2.64 bits per heavy atom. The SMILES string of the molecule is N#Cc1cccc(Nc2cncc(C(=O)NC3CCCCCC3)c2)c1. The summed E-state index contributed by atoms with van der Waals surface area (Å²) in [4.78, 5) is 16.7. The predicted molar refractivity (Wildman–Crippen MR) is 97.6 cm³/mol. The Hall–Kier alpha value is -2.87. The van der Waals surface area contributed by atoms with Crippen LogP contribution in [0.5, 0.6) is 0 Å². The van der Waals surface area contributed by atoms with E-state index in [9.17, 15) is 4.79 Å². The topological polar surface area (TPSA) is 77.8 Å². The number of pyridine rings is 1. The standard InChI is InChI=1S/C20H22N4O/c21-12-15-6-5-9-18(10-15)23-19-11-16(13-22-14-19)20(25)24-17-7-3-1-2-4-8-17/h5-6,9-11,13-14,17,23H,1-4,7-8H2,(H,24,25). The van der Waals surface area contributed by atoms with Crippen LogP contribution in [0, 0.1) is 11.3 Å². The molecule has 0 atom stereocenters. The first kappa shape index (κ1) is 17.0. The molecule has 0 radical (unpaired) electrons. The molecular weight excluding hydrogens is 312 g/mol. The molecule has 2 N–H and O–H groups in total. The third-order valence-corrected chi connectivity index (χ3v) is 4.47. The summed E-state index contributed by atoms with van der Waals surface area (Å²) in [5.41, 5.74) is 2.65. The molecule has 0 bridgehead atoms. The van der Waals surface area contributed by atoms with Crippen LogP contribution in [0.25, 0.3) is 0 Å². The summed E-state index contributed by atoms with van der Waals surface area (Å²) in [5.74, 6) is -0.0752. The van der Waals surface area contributed by atoms with Crippen molar-refractivity contribution in [1.82, 2.24) is 10.3 Å². The van der Waals surface area contributed by atoms with Crippen LogP contribution in [0.4, 0.5) is 11.4 Å². The fourth-order valence-corrected chi connectivity index (χ4v) is 3.16. The molecule has 1 aromatic carbocycles. The van der Waals surface area contributed by atoms with Gasteiger partial charge in [-0.15, -0.1) is 0 Å². The van der Waals surface area contributed by atoms with E-state index in [1.165, 1.54) is 25.7 Å². The van der Waals surface area contributed by atoms with Crippen LogP contribution in [-0.4, -0.2) is 16.9 Å². The lowest BCUT2D eigenvalue weighted by Crippen LogP contribution is -2.34. The number of nitriles is 1. The summed E-state index contributed by atoms with van der Waals surface area (Å²) in [6, 6.07) is 11.4. The zero-order chi connectivity index (χ0) is 17.5. The Labute approximate surface area is 148 Å². The van der Waals surface area contributed by atoms with E-state index in [4.69, 9.17) is 5.26 Å². The van der Waals surface area contributed by atoms with Gasteiger partial charge >= 0.3 is 0 Å². The number of benzene rings is 1. The van der Waals surface area contributed by atoms with Gasteiger partial charge < -0.3 is 10.6 Å². The Bertz CT molecular complexity index is 773. The van der Waals surface area contributed by atoms with Crippen molar-refractivity contribution in [2.45, 2.75) is 44.6 Å². The zero-order valence-corrected chi connectivity index (χ0v) is 14.2. The van der Waals surface area contributed by atoms with Crippen LogP contribution >= 0.6 is 0 Å². The minimum absolute atomic E-state index is 0.0752. The van der Waals surface area contributed by atoms with E-state index < -0.39 is 0 Å². The number of carbonyl (C=O) groups excluding carboxylic acids is 1. The maximum atomic E-state index is 12.5. The van der Waals surface area contributed by atoms with Gasteiger partial charge in [-0.05, 0) is 37.1 Å². The Kier molecular flexibility index (Phi) is 5.63. The van der Waals surface area contributed by atoms with Gasteiger partial charge in [0.25, 0.3) is 5.91 Å². The van der Waals surface area contributed by atoms with Gasteiger partial charge in [0.1, 0.15) is 0 Å². The highest BCUT2D eigenvalue weighted by atomic mass is 16.1. The first-order valence-corrected chi connectivity index (χ1v) is 8.78. The third-order valence-electron chi connectivity index (χ3n) is 4.47. The van der Waals surface area contributed by atoms with Crippen molar-refractivity contribution in [3.63, 3.8) is 0 Å². The van der Waals surface area contributed by atoms with Gasteiger partial charge in [-0.1, -0.05) is 31.7 Å². The number of hydrogen-bond acceptors (Lipinski definition) is 4. The molecule has 1 amide bonds. The van der Waals surface area contributed by atoms with Crippen molar-refractivity contribution in [1.29, 1.82) is 5.26 Å². The van der Waals surface area contributed by atoms with Crippen LogP contribution in [0.2, 0.25) is 0 Å². The second-order valence-electron chi connectivity index (χ2n) is 6.44. The number of nitrogens with zero attached hydrogens (tertiary/aromatic N) is 2. The number of amides is 1. The van der Waals surface area contributed by atoms with E-state index in [1.54, 1.807) is 30.6 Å². The third kappa shape index (κ3) is 4.80. The van der Waals surface area contributed by atoms with Gasteiger partial charge in [-0.3, -0.25) is 9.78 Å². The molecule has 1 fully saturated rings. The summed E-state index contributed by atoms with van der Waals surface area (Å²) in [6.07, 6.45) is 10.2. The summed E-state index contributed by atoms with van der Waals surface area (Å²) in [6.45, 7) is 0. The molecular formula is C20H22N4O. The minimum Gasteiger partial charge on any atom is -0.354 e. The highest BCUT2D eigenvalue weighted by Gasteiger charge is 2.16. The van der Waals surface area contributed by atoms with Crippen molar-refractivity contribution in [2.24, 2.45) is 0 Å². The van der Waals surface area contributed by atoms with E-state index in [0.717, 1.165) is 24.2 Å². The van der Waals surface area contributed by atoms with E-state index in [1.807, 2.05) is 12.1 Å². The van der Waals surface area contributed by atoms with E-state index >= 15 is 0 Å². The molecule has 2 aromatic rings. The number of aromatic nitrogens is 1. The molecule has 1 aliphatic rings. The average Bonchev–Trinajstić information content (AvgIpc) is 2.91. The average molecular weight is 334 g/mol. The summed E-state index contributed by atoms with van der Waals surface area (Å²) in [5, 5.41) is 15.3. The largest absolute Gasteiger partial charge is 0.354 e. The highest BCUT2D eigenvalue weighted by Crippen LogP contribution is 2.20. The molecule has 25 heavy (non-hydrogen) atoms. The molecule has 0 saturated heterocycles. The summed E-state index contributed by atoms with van der Waals surface area (Å²) in [7, 11) is 0. The van der Waals surface area contributed by atoms with Crippen molar-refractivity contribution in [2.75, 3.05) is 5.32 Å². The van der Waals surface area contributed by atoms with Gasteiger partial charge in [0, 0.05) is 17.9 Å². The van der Waals surface area contributed by atoms with Gasteiger partial charge in [0.05, 0.1) is 29.1 Å². The molecule has 128 valence electrons. The van der Waals surface area contributed by atoms with Crippen LogP contribution in [0.3, 0.4) is 0 Å². The first-order valence-electron chi connectivity index (χ1n) is 8.78. The number of hydrogen-bond donors (Lipinski definition) is 2. The fourth-order valence-electron chi connectivity index (χ4n) is 3.16. The van der Waals surface area contributed by atoms with Crippen molar-refractivity contribution >= 4 is 17.3 Å². The molecule has 3 rings (SSSR count). The lowest BCUT2D eigenvalue weighted by Gasteiger charge is -2.16. The van der Waals surface area contributed by atoms with E-state index in [0.29, 0.717) is 11.1 Å². The Morgan fingerprint density at radius 1 is 1.08 bits per heavy atom. The number of anilines is 2. The summed E-state index contributed by atoms with van der Waals surface area (Å²) >= 11 is 0. The second kappa shape index (κ2) is 8.29. The molecule has 5 nitrogen and oxygen atoms in total. The first-order chi connectivity index (χ1) is 12.2. The summed E-state index contributed by atoms with van der Waals surface area (Å²) < 4.78 is 0. The van der Waals surface area contributed by atoms with E-state index in [2.05, 4.69) is 21.7 Å². The fraction of sp³-hybridized carbons (Fsp3) is 0.350. The monoisotopic (exact) mass is 334 g/mol. The molecule has 1 aliphatic carbocycles. The van der Waals surface area contributed by atoms with Crippen molar-refractivity contribution < 1.29 is 4.79 Å². The number of rotatable bonds is 4. The van der Waals surface area contributed by atoms with Gasteiger partial charge in [-0.25, -0.2) is 0 Å². The molecule has 5 heteroatoms. The smallest absolute Gasteiger partial charge is 0.253 e. The van der Waals surface area contributed by atoms with Crippen molar-refractivity contribution in [3.8, 4) is 6.07 Å². The minimum atomic E-state index is -0.0752. The molecule has 1 saturated carbocycles. The molecule has 0 spiro atoms. The lowest BCUT2D eigenvalue weighted by molar-refractivity contribution is 0.0933. The molecule has 1 heterocycles. The Morgan fingerprint density at radius 2 is 1.88 bits per heavy atom. The number of carbonyl (C=O) groups is 1. The van der Waals surface area contributed by atoms with Crippen LogP contribution < -0.4 is 10.6 Å². The van der Waals surface area contributed by atoms with Crippen molar-refractivity contribution in [3.05, 3.63) is 53.9 Å². The normalized spacial score (nSPS) is 15.0. The van der Waals surface area contributed by atoms with Crippen LogP contribution in [-0.2, 0) is 0 Å². The van der Waals surface area contributed by atoms with E-state index in [-0.39, 0.29) is 11.9 Å². The predicted octanol–water partition coefficient (Wildman–Crippen LogP) is 4.15. The maximum Gasteiger partial charge on any atom is 0.253 e. The Balaban J connectivity index is 1.68. The number of nitrogens with one attached hydrogen (secondary N) is 2. The highest BCUT2D eigenvalue weighted by molar-refractivity contribution is 5.95. The molecule has 1 aromatic heterocycles. The molecule has 0 aliphatic heterocycles. The van der Waals surface area contributed by atoms with Gasteiger partial charge in [0.15, 0.2) is 0 Å². The van der Waals surface area contributed by atoms with Gasteiger partial charge in [-0.2, -0.15) is 5.26 Å². The second-order valence-corrected chi connectivity index (χ2v) is 6.44. The lowest BCUT2D eigenvalue weighted by atomic mass is 10.1. The maximum absolute atomic E-state index is 12.5.